The Kier molecular flexibility index (Phi) is 5.75. The van der Waals surface area contributed by atoms with Crippen molar-refractivity contribution in [2.45, 2.75) is 39.3 Å². The Morgan fingerprint density at radius 1 is 1.20 bits per heavy atom. The van der Waals surface area contributed by atoms with Crippen LogP contribution < -0.4 is 4.90 Å². The molecule has 9 heteroatoms. The van der Waals surface area contributed by atoms with E-state index in [-0.39, 0.29) is 12.3 Å². The van der Waals surface area contributed by atoms with Crippen LogP contribution in [0.3, 0.4) is 0 Å². The van der Waals surface area contributed by atoms with E-state index in [1.54, 1.807) is 15.9 Å². The Morgan fingerprint density at radius 3 is 2.67 bits per heavy atom. The summed E-state index contributed by atoms with van der Waals surface area (Å²) in [5, 5.41) is 5.90. The minimum atomic E-state index is 0.0142. The summed E-state index contributed by atoms with van der Waals surface area (Å²) in [6, 6.07) is 7.98. The number of benzene rings is 1. The van der Waals surface area contributed by atoms with Gasteiger partial charge in [-0.3, -0.25) is 9.69 Å². The van der Waals surface area contributed by atoms with Gasteiger partial charge in [0.1, 0.15) is 0 Å². The zero-order valence-electron chi connectivity index (χ0n) is 17.7. The first kappa shape index (κ1) is 20.7. The Labute approximate surface area is 183 Å². The Balaban J connectivity index is 1.70. The molecule has 0 saturated heterocycles. The maximum Gasteiger partial charge on any atom is 0.253 e. The summed E-state index contributed by atoms with van der Waals surface area (Å²) in [5.74, 6) is 0.902. The molecular weight excluding hydrogens is 416 g/mol. The number of aryl methyl sites for hydroxylation is 2. The summed E-state index contributed by atoms with van der Waals surface area (Å²) in [5.41, 5.74) is 3.51. The van der Waals surface area contributed by atoms with Crippen LogP contribution in [0.4, 0.5) is 5.13 Å². The van der Waals surface area contributed by atoms with E-state index in [9.17, 15) is 4.79 Å². The van der Waals surface area contributed by atoms with Gasteiger partial charge < -0.3 is 0 Å². The summed E-state index contributed by atoms with van der Waals surface area (Å²) >= 11 is 3.03. The first-order chi connectivity index (χ1) is 14.4. The van der Waals surface area contributed by atoms with Crippen LogP contribution in [0.5, 0.6) is 0 Å². The molecule has 3 aromatic heterocycles. The molecule has 30 heavy (non-hydrogen) atoms. The van der Waals surface area contributed by atoms with Gasteiger partial charge in [0.25, 0.3) is 5.78 Å². The molecule has 0 aliphatic carbocycles. The number of thioether (sulfide) groups is 1. The smallest absolute Gasteiger partial charge is 0.253 e. The molecule has 7 nitrogen and oxygen atoms in total. The molecule has 0 aliphatic rings. The molecule has 1 amide bonds. The molecule has 0 fully saturated rings. The number of thiazole rings is 1. The molecule has 4 aromatic rings. The van der Waals surface area contributed by atoms with Crippen molar-refractivity contribution in [1.82, 2.24) is 24.6 Å². The van der Waals surface area contributed by atoms with E-state index in [0.717, 1.165) is 32.3 Å². The van der Waals surface area contributed by atoms with Crippen molar-refractivity contribution in [1.29, 1.82) is 0 Å². The normalized spacial score (nSPS) is 11.7. The number of para-hydroxylation sites is 1. The molecule has 4 rings (SSSR count). The van der Waals surface area contributed by atoms with E-state index in [1.807, 2.05) is 49.3 Å². The van der Waals surface area contributed by atoms with Crippen LogP contribution in [0.1, 0.15) is 30.8 Å². The van der Waals surface area contributed by atoms with Gasteiger partial charge in [0.05, 0.1) is 16.6 Å². The molecule has 0 spiro atoms. The van der Waals surface area contributed by atoms with E-state index in [4.69, 9.17) is 4.98 Å². The third-order valence-electron chi connectivity index (χ3n) is 4.90. The monoisotopic (exact) mass is 440 g/mol. The van der Waals surface area contributed by atoms with E-state index >= 15 is 0 Å². The summed E-state index contributed by atoms with van der Waals surface area (Å²) in [6.07, 6.45) is 2.18. The standard InChI is InChI=1S/C21H24N6OS2/c1-12(2)11-26(21-23-16-8-6-7-9-17(16)30-21)18(28)10-15-13(3)22-19-24-20(29-5)25-27(19)14(15)4/h6-9,12H,10-11H2,1-5H3. The van der Waals surface area contributed by atoms with Crippen molar-refractivity contribution in [2.75, 3.05) is 17.7 Å². The first-order valence-electron chi connectivity index (χ1n) is 9.80. The van der Waals surface area contributed by atoms with E-state index < -0.39 is 0 Å². The third kappa shape index (κ3) is 3.91. The van der Waals surface area contributed by atoms with Gasteiger partial charge >= 0.3 is 0 Å². The highest BCUT2D eigenvalue weighted by atomic mass is 32.2. The van der Waals surface area contributed by atoms with Gasteiger partial charge in [0, 0.05) is 23.5 Å². The minimum Gasteiger partial charge on any atom is -0.288 e. The molecule has 1 aromatic carbocycles. The highest BCUT2D eigenvalue weighted by molar-refractivity contribution is 7.98. The molecule has 156 valence electrons. The maximum absolute atomic E-state index is 13.4. The molecule has 0 unspecified atom stereocenters. The quantitative estimate of drug-likeness (QED) is 0.416. The predicted molar refractivity (Wildman–Crippen MR) is 123 cm³/mol. The number of carbonyl (C=O) groups excluding carboxylic acids is 1. The Hall–Kier alpha value is -2.52. The fraction of sp³-hybridized carbons (Fsp3) is 0.381. The van der Waals surface area contributed by atoms with Crippen molar-refractivity contribution in [3.05, 3.63) is 41.2 Å². The SMILES string of the molecule is CSc1nc2nc(C)c(CC(=O)N(CC(C)C)c3nc4ccccc4s3)c(C)n2n1. The summed E-state index contributed by atoms with van der Waals surface area (Å²) in [7, 11) is 0. The van der Waals surface area contributed by atoms with Crippen LogP contribution in [-0.4, -0.2) is 43.3 Å². The number of anilines is 1. The molecule has 0 aliphatic heterocycles. The molecule has 0 N–H and O–H groups in total. The molecular formula is C21H24N6OS2. The van der Waals surface area contributed by atoms with E-state index in [0.29, 0.717) is 23.4 Å². The maximum atomic E-state index is 13.4. The molecule has 0 saturated carbocycles. The number of rotatable bonds is 6. The van der Waals surface area contributed by atoms with Crippen LogP contribution in [0.2, 0.25) is 0 Å². The Morgan fingerprint density at radius 2 is 1.97 bits per heavy atom. The first-order valence-corrected chi connectivity index (χ1v) is 11.8. The number of hydrogen-bond acceptors (Lipinski definition) is 7. The van der Waals surface area contributed by atoms with Gasteiger partial charge in [-0.2, -0.15) is 4.98 Å². The number of fused-ring (bicyclic) bond motifs is 2. The fourth-order valence-electron chi connectivity index (χ4n) is 3.41. The predicted octanol–water partition coefficient (Wildman–Crippen LogP) is 4.30. The van der Waals surface area contributed by atoms with Crippen molar-refractivity contribution >= 4 is 50.1 Å². The lowest BCUT2D eigenvalue weighted by Gasteiger charge is -2.22. The fourth-order valence-corrected chi connectivity index (χ4v) is 4.73. The lowest BCUT2D eigenvalue weighted by atomic mass is 10.1. The summed E-state index contributed by atoms with van der Waals surface area (Å²) < 4.78 is 2.81. The van der Waals surface area contributed by atoms with E-state index in [1.165, 1.54) is 11.8 Å². The topological polar surface area (TPSA) is 76.3 Å². The molecule has 0 radical (unpaired) electrons. The zero-order chi connectivity index (χ0) is 21.4. The number of carbonyl (C=O) groups is 1. The third-order valence-corrected chi connectivity index (χ3v) is 6.50. The second-order valence-electron chi connectivity index (χ2n) is 7.61. The highest BCUT2D eigenvalue weighted by Gasteiger charge is 2.24. The van der Waals surface area contributed by atoms with Crippen molar-refractivity contribution in [2.24, 2.45) is 5.92 Å². The lowest BCUT2D eigenvalue weighted by molar-refractivity contribution is -0.118. The van der Waals surface area contributed by atoms with E-state index in [2.05, 4.69) is 28.9 Å². The van der Waals surface area contributed by atoms with Gasteiger partial charge in [-0.1, -0.05) is 49.1 Å². The zero-order valence-corrected chi connectivity index (χ0v) is 19.3. The van der Waals surface area contributed by atoms with Crippen LogP contribution in [0.25, 0.3) is 16.0 Å². The van der Waals surface area contributed by atoms with Gasteiger partial charge in [-0.25, -0.2) is 14.5 Å². The average Bonchev–Trinajstić information content (AvgIpc) is 3.32. The average molecular weight is 441 g/mol. The van der Waals surface area contributed by atoms with Gasteiger partial charge in [-0.05, 0) is 38.2 Å². The highest BCUT2D eigenvalue weighted by Crippen LogP contribution is 2.30. The minimum absolute atomic E-state index is 0.0142. The number of nitrogens with zero attached hydrogens (tertiary/aromatic N) is 6. The van der Waals surface area contributed by atoms with Gasteiger partial charge in [-0.15, -0.1) is 5.10 Å². The number of hydrogen-bond donors (Lipinski definition) is 0. The largest absolute Gasteiger partial charge is 0.288 e. The number of amides is 1. The van der Waals surface area contributed by atoms with Crippen molar-refractivity contribution in [3.63, 3.8) is 0 Å². The molecule has 0 atom stereocenters. The van der Waals surface area contributed by atoms with Gasteiger partial charge in [0.2, 0.25) is 11.1 Å². The van der Waals surface area contributed by atoms with Gasteiger partial charge in [0.15, 0.2) is 5.13 Å². The van der Waals surface area contributed by atoms with Crippen LogP contribution in [-0.2, 0) is 11.2 Å². The Bertz CT molecular complexity index is 1200. The van der Waals surface area contributed by atoms with Crippen LogP contribution >= 0.6 is 23.1 Å². The van der Waals surface area contributed by atoms with Crippen molar-refractivity contribution < 1.29 is 4.79 Å². The van der Waals surface area contributed by atoms with Crippen molar-refractivity contribution in [3.8, 4) is 0 Å². The number of aromatic nitrogens is 5. The second-order valence-corrected chi connectivity index (χ2v) is 9.39. The van der Waals surface area contributed by atoms with Crippen LogP contribution in [0.15, 0.2) is 29.4 Å². The molecule has 0 bridgehead atoms. The molecule has 3 heterocycles. The summed E-state index contributed by atoms with van der Waals surface area (Å²) in [4.78, 5) is 29.0. The summed E-state index contributed by atoms with van der Waals surface area (Å²) in [6.45, 7) is 8.72. The lowest BCUT2D eigenvalue weighted by Crippen LogP contribution is -2.35. The second kappa shape index (κ2) is 8.31. The van der Waals surface area contributed by atoms with Crippen LogP contribution in [0, 0.1) is 19.8 Å².